The molecular weight excluding hydrogens is 239 g/mol. The fraction of sp³-hybridized carbons (Fsp3) is 0.625. The molecule has 1 aromatic carbocycles. The topological polar surface area (TPSA) is 24.1 Å². The lowest BCUT2D eigenvalue weighted by Gasteiger charge is -2.33. The monoisotopic (exact) mass is 262 g/mol. The van der Waals surface area contributed by atoms with Crippen LogP contribution in [0.25, 0.3) is 0 Å². The van der Waals surface area contributed by atoms with Gasteiger partial charge in [-0.05, 0) is 56.3 Å². The molecule has 0 amide bonds. The van der Waals surface area contributed by atoms with E-state index in [0.29, 0.717) is 18.0 Å². The molecule has 1 aliphatic carbocycles. The van der Waals surface area contributed by atoms with Crippen molar-refractivity contribution in [3.63, 3.8) is 0 Å². The van der Waals surface area contributed by atoms with E-state index < -0.39 is 0 Å². The third kappa shape index (κ3) is 3.08. The van der Waals surface area contributed by atoms with Crippen molar-refractivity contribution in [2.45, 2.75) is 50.6 Å². The molecule has 0 radical (unpaired) electrons. The van der Waals surface area contributed by atoms with Gasteiger partial charge in [0.05, 0.1) is 0 Å². The van der Waals surface area contributed by atoms with Crippen LogP contribution in [0.4, 0.5) is 10.1 Å². The van der Waals surface area contributed by atoms with Crippen LogP contribution < -0.4 is 10.6 Å². The SMILES string of the molecule is Fc1cccc(NC2CCCC2C2CCCCN2)c1. The molecule has 2 nitrogen and oxygen atoms in total. The van der Waals surface area contributed by atoms with Crippen molar-refractivity contribution in [2.75, 3.05) is 11.9 Å². The second kappa shape index (κ2) is 5.91. The van der Waals surface area contributed by atoms with Gasteiger partial charge in [0, 0.05) is 17.8 Å². The van der Waals surface area contributed by atoms with Gasteiger partial charge in [0.1, 0.15) is 5.82 Å². The van der Waals surface area contributed by atoms with Gasteiger partial charge in [-0.15, -0.1) is 0 Å². The van der Waals surface area contributed by atoms with Crippen LogP contribution in [0, 0.1) is 11.7 Å². The van der Waals surface area contributed by atoms with Crippen molar-refractivity contribution in [1.82, 2.24) is 5.32 Å². The maximum absolute atomic E-state index is 13.2. The summed E-state index contributed by atoms with van der Waals surface area (Å²) in [6.07, 6.45) is 7.75. The number of anilines is 1. The van der Waals surface area contributed by atoms with Crippen LogP contribution in [0.3, 0.4) is 0 Å². The number of hydrogen-bond acceptors (Lipinski definition) is 2. The first kappa shape index (κ1) is 12.9. The predicted octanol–water partition coefficient (Wildman–Crippen LogP) is 3.55. The van der Waals surface area contributed by atoms with E-state index in [1.54, 1.807) is 12.1 Å². The number of piperidine rings is 1. The Morgan fingerprint density at radius 3 is 2.84 bits per heavy atom. The summed E-state index contributed by atoms with van der Waals surface area (Å²) in [6.45, 7) is 1.16. The Morgan fingerprint density at radius 1 is 1.11 bits per heavy atom. The molecule has 3 heteroatoms. The first-order chi connectivity index (χ1) is 9.33. The average molecular weight is 262 g/mol. The van der Waals surface area contributed by atoms with Crippen LogP contribution in [0.15, 0.2) is 24.3 Å². The largest absolute Gasteiger partial charge is 0.382 e. The van der Waals surface area contributed by atoms with Crippen molar-refractivity contribution in [2.24, 2.45) is 5.92 Å². The predicted molar refractivity (Wildman–Crippen MR) is 76.8 cm³/mol. The van der Waals surface area contributed by atoms with E-state index in [1.165, 1.54) is 44.6 Å². The fourth-order valence-corrected chi connectivity index (χ4v) is 3.69. The van der Waals surface area contributed by atoms with Crippen LogP contribution in [0.1, 0.15) is 38.5 Å². The summed E-state index contributed by atoms with van der Waals surface area (Å²) in [4.78, 5) is 0. The lowest BCUT2D eigenvalue weighted by molar-refractivity contribution is 0.286. The quantitative estimate of drug-likeness (QED) is 0.870. The van der Waals surface area contributed by atoms with Gasteiger partial charge in [-0.3, -0.25) is 0 Å². The average Bonchev–Trinajstić information content (AvgIpc) is 2.88. The summed E-state index contributed by atoms with van der Waals surface area (Å²) in [5.74, 6) is 0.541. The van der Waals surface area contributed by atoms with E-state index in [-0.39, 0.29) is 5.82 Å². The molecule has 2 N–H and O–H groups in total. The van der Waals surface area contributed by atoms with E-state index in [1.807, 2.05) is 6.07 Å². The van der Waals surface area contributed by atoms with Crippen LogP contribution in [-0.2, 0) is 0 Å². The zero-order chi connectivity index (χ0) is 13.1. The molecule has 104 valence electrons. The molecule has 0 bridgehead atoms. The van der Waals surface area contributed by atoms with Crippen molar-refractivity contribution in [3.8, 4) is 0 Å². The Hall–Kier alpha value is -1.09. The molecule has 3 rings (SSSR count). The third-order valence-corrected chi connectivity index (χ3v) is 4.61. The number of benzene rings is 1. The van der Waals surface area contributed by atoms with Gasteiger partial charge in [-0.25, -0.2) is 4.39 Å². The molecule has 0 aromatic heterocycles. The van der Waals surface area contributed by atoms with Crippen LogP contribution in [0.2, 0.25) is 0 Å². The molecule has 1 heterocycles. The minimum absolute atomic E-state index is 0.157. The fourth-order valence-electron chi connectivity index (χ4n) is 3.69. The smallest absolute Gasteiger partial charge is 0.125 e. The third-order valence-electron chi connectivity index (χ3n) is 4.61. The van der Waals surface area contributed by atoms with Gasteiger partial charge in [-0.2, -0.15) is 0 Å². The molecule has 3 atom stereocenters. The Labute approximate surface area is 114 Å². The van der Waals surface area contributed by atoms with Gasteiger partial charge in [0.25, 0.3) is 0 Å². The summed E-state index contributed by atoms with van der Waals surface area (Å²) < 4.78 is 13.2. The number of halogens is 1. The van der Waals surface area contributed by atoms with E-state index in [4.69, 9.17) is 0 Å². The maximum atomic E-state index is 13.2. The molecule has 3 unspecified atom stereocenters. The summed E-state index contributed by atoms with van der Waals surface area (Å²) in [6, 6.07) is 8.00. The molecule has 2 fully saturated rings. The van der Waals surface area contributed by atoms with E-state index in [0.717, 1.165) is 12.2 Å². The maximum Gasteiger partial charge on any atom is 0.125 e. The lowest BCUT2D eigenvalue weighted by Crippen LogP contribution is -2.44. The highest BCUT2D eigenvalue weighted by atomic mass is 19.1. The number of hydrogen-bond donors (Lipinski definition) is 2. The molecule has 2 aliphatic rings. The molecular formula is C16H23FN2. The van der Waals surface area contributed by atoms with E-state index >= 15 is 0 Å². The Bertz CT molecular complexity index is 415. The van der Waals surface area contributed by atoms with E-state index in [9.17, 15) is 4.39 Å². The van der Waals surface area contributed by atoms with Gasteiger partial charge < -0.3 is 10.6 Å². The standard InChI is InChI=1S/C16H23FN2/c17-12-5-3-6-13(11-12)19-16-9-4-7-14(16)15-8-1-2-10-18-15/h3,5-6,11,14-16,18-19H,1-2,4,7-10H2. The van der Waals surface area contributed by atoms with Crippen molar-refractivity contribution < 1.29 is 4.39 Å². The van der Waals surface area contributed by atoms with Gasteiger partial charge in [0.2, 0.25) is 0 Å². The highest BCUT2D eigenvalue weighted by Crippen LogP contribution is 2.33. The molecule has 1 saturated carbocycles. The zero-order valence-corrected chi connectivity index (χ0v) is 11.4. The normalized spacial score (nSPS) is 31.3. The highest BCUT2D eigenvalue weighted by Gasteiger charge is 2.34. The number of nitrogens with one attached hydrogen (secondary N) is 2. The van der Waals surface area contributed by atoms with Gasteiger partial charge in [0.15, 0.2) is 0 Å². The Kier molecular flexibility index (Phi) is 4.02. The molecule has 1 saturated heterocycles. The van der Waals surface area contributed by atoms with Crippen LogP contribution >= 0.6 is 0 Å². The summed E-state index contributed by atoms with van der Waals surface area (Å²) in [7, 11) is 0. The minimum atomic E-state index is -0.157. The molecule has 1 aliphatic heterocycles. The van der Waals surface area contributed by atoms with Crippen molar-refractivity contribution >= 4 is 5.69 Å². The van der Waals surface area contributed by atoms with Gasteiger partial charge in [-0.1, -0.05) is 18.9 Å². The Morgan fingerprint density at radius 2 is 2.05 bits per heavy atom. The summed E-state index contributed by atoms with van der Waals surface area (Å²) in [5.41, 5.74) is 0.924. The van der Waals surface area contributed by atoms with Crippen LogP contribution in [-0.4, -0.2) is 18.6 Å². The minimum Gasteiger partial charge on any atom is -0.382 e. The van der Waals surface area contributed by atoms with Crippen LogP contribution in [0.5, 0.6) is 0 Å². The van der Waals surface area contributed by atoms with Crippen molar-refractivity contribution in [1.29, 1.82) is 0 Å². The second-order valence-corrected chi connectivity index (χ2v) is 5.91. The highest BCUT2D eigenvalue weighted by molar-refractivity contribution is 5.44. The number of rotatable bonds is 3. The molecule has 19 heavy (non-hydrogen) atoms. The second-order valence-electron chi connectivity index (χ2n) is 5.91. The lowest BCUT2D eigenvalue weighted by atomic mass is 9.88. The first-order valence-corrected chi connectivity index (χ1v) is 7.58. The molecule has 1 aromatic rings. The van der Waals surface area contributed by atoms with Gasteiger partial charge >= 0.3 is 0 Å². The Balaban J connectivity index is 1.65. The summed E-state index contributed by atoms with van der Waals surface area (Å²) in [5, 5.41) is 7.22. The molecule has 0 spiro atoms. The zero-order valence-electron chi connectivity index (χ0n) is 11.4. The van der Waals surface area contributed by atoms with Crippen molar-refractivity contribution in [3.05, 3.63) is 30.1 Å². The van der Waals surface area contributed by atoms with E-state index in [2.05, 4.69) is 10.6 Å². The first-order valence-electron chi connectivity index (χ1n) is 7.58. The summed E-state index contributed by atoms with van der Waals surface area (Å²) >= 11 is 0.